The van der Waals surface area contributed by atoms with Gasteiger partial charge in [-0.2, -0.15) is 0 Å². The summed E-state index contributed by atoms with van der Waals surface area (Å²) in [5, 5.41) is 3.42. The zero-order valence-corrected chi connectivity index (χ0v) is 11.2. The molecule has 0 fully saturated rings. The maximum absolute atomic E-state index is 13.6. The number of nitrogen functional groups attached to an aromatic ring is 1. The Morgan fingerprint density at radius 3 is 2.90 bits per heavy atom. The Labute approximate surface area is 119 Å². The molecule has 0 aliphatic carbocycles. The molecular weight excluding hydrogens is 279 g/mol. The summed E-state index contributed by atoms with van der Waals surface area (Å²) in [5.41, 5.74) is 8.53. The average molecular weight is 291 g/mol. The number of rotatable bonds is 3. The Balaban J connectivity index is 1.79. The van der Waals surface area contributed by atoms with E-state index in [4.69, 9.17) is 17.3 Å². The number of fused-ring (bicyclic) bond motifs is 1. The average Bonchev–Trinajstić information content (AvgIpc) is 2.79. The number of nitrogens with one attached hydrogen (secondary N) is 2. The van der Waals surface area contributed by atoms with Gasteiger partial charge in [-0.3, -0.25) is 0 Å². The van der Waals surface area contributed by atoms with Crippen LogP contribution in [0.3, 0.4) is 0 Å². The van der Waals surface area contributed by atoms with Gasteiger partial charge in [0.25, 0.3) is 0 Å². The van der Waals surface area contributed by atoms with Crippen molar-refractivity contribution in [3.05, 3.63) is 52.8 Å². The van der Waals surface area contributed by atoms with E-state index in [0.717, 1.165) is 11.0 Å². The zero-order chi connectivity index (χ0) is 14.1. The number of aromatic amines is 1. The van der Waals surface area contributed by atoms with Crippen molar-refractivity contribution < 1.29 is 4.39 Å². The number of aromatic nitrogens is 2. The molecular formula is C14H12ClFN4. The van der Waals surface area contributed by atoms with Gasteiger partial charge in [0.15, 0.2) is 0 Å². The number of hydrogen-bond donors (Lipinski definition) is 3. The first-order valence-corrected chi connectivity index (χ1v) is 6.42. The van der Waals surface area contributed by atoms with Gasteiger partial charge < -0.3 is 16.0 Å². The van der Waals surface area contributed by atoms with Crippen molar-refractivity contribution >= 4 is 34.3 Å². The van der Waals surface area contributed by atoms with Crippen molar-refractivity contribution in [3.63, 3.8) is 0 Å². The third kappa shape index (κ3) is 2.53. The summed E-state index contributed by atoms with van der Waals surface area (Å²) < 4.78 is 13.6. The van der Waals surface area contributed by atoms with E-state index in [9.17, 15) is 4.39 Å². The highest BCUT2D eigenvalue weighted by Crippen LogP contribution is 2.19. The van der Waals surface area contributed by atoms with E-state index < -0.39 is 0 Å². The summed E-state index contributed by atoms with van der Waals surface area (Å²) >= 11 is 5.71. The Morgan fingerprint density at radius 2 is 2.10 bits per heavy atom. The summed E-state index contributed by atoms with van der Waals surface area (Å²) in [7, 11) is 0. The lowest BCUT2D eigenvalue weighted by Gasteiger charge is -2.04. The number of nitrogens with zero attached hydrogens (tertiary/aromatic N) is 1. The van der Waals surface area contributed by atoms with Gasteiger partial charge in [-0.15, -0.1) is 0 Å². The number of imidazole rings is 1. The first-order chi connectivity index (χ1) is 9.61. The minimum atomic E-state index is -0.342. The molecule has 0 radical (unpaired) electrons. The number of halogens is 2. The van der Waals surface area contributed by atoms with E-state index >= 15 is 0 Å². The van der Waals surface area contributed by atoms with Gasteiger partial charge in [0.1, 0.15) is 5.82 Å². The first-order valence-electron chi connectivity index (χ1n) is 6.05. The maximum atomic E-state index is 13.6. The molecule has 3 rings (SSSR count). The van der Waals surface area contributed by atoms with Crippen LogP contribution in [-0.4, -0.2) is 9.97 Å². The molecule has 0 aliphatic rings. The number of nitrogens with two attached hydrogens (primary N) is 1. The minimum Gasteiger partial charge on any atom is -0.399 e. The number of anilines is 2. The molecule has 2 aromatic carbocycles. The predicted molar refractivity (Wildman–Crippen MR) is 79.2 cm³/mol. The lowest BCUT2D eigenvalue weighted by molar-refractivity contribution is 0.613. The molecule has 0 aliphatic heterocycles. The second kappa shape index (κ2) is 5.02. The van der Waals surface area contributed by atoms with Gasteiger partial charge in [-0.05, 0) is 30.3 Å². The third-order valence-corrected chi connectivity index (χ3v) is 3.20. The molecule has 4 nitrogen and oxygen atoms in total. The zero-order valence-electron chi connectivity index (χ0n) is 10.5. The lowest BCUT2D eigenvalue weighted by atomic mass is 10.2. The predicted octanol–water partition coefficient (Wildman–Crippen LogP) is 3.55. The summed E-state index contributed by atoms with van der Waals surface area (Å²) in [6.45, 7) is 0.318. The van der Waals surface area contributed by atoms with E-state index in [2.05, 4.69) is 15.3 Å². The number of benzene rings is 2. The highest BCUT2D eigenvalue weighted by Gasteiger charge is 2.05. The Morgan fingerprint density at radius 1 is 1.25 bits per heavy atom. The molecule has 1 heterocycles. The van der Waals surface area contributed by atoms with E-state index in [1.165, 1.54) is 6.07 Å². The molecule has 0 bridgehead atoms. The fourth-order valence-electron chi connectivity index (χ4n) is 1.95. The smallest absolute Gasteiger partial charge is 0.201 e. The fraction of sp³-hybridized carbons (Fsp3) is 0.0714. The largest absolute Gasteiger partial charge is 0.399 e. The van der Waals surface area contributed by atoms with Crippen molar-refractivity contribution in [1.29, 1.82) is 0 Å². The van der Waals surface area contributed by atoms with Gasteiger partial charge in [0.05, 0.1) is 11.0 Å². The van der Waals surface area contributed by atoms with Gasteiger partial charge in [0, 0.05) is 22.8 Å². The summed E-state index contributed by atoms with van der Waals surface area (Å²) in [6.07, 6.45) is 0. The summed E-state index contributed by atoms with van der Waals surface area (Å²) in [4.78, 5) is 7.43. The van der Waals surface area contributed by atoms with Crippen molar-refractivity contribution in [2.75, 3.05) is 11.1 Å². The molecule has 102 valence electrons. The molecule has 4 N–H and O–H groups in total. The first kappa shape index (κ1) is 12.7. The highest BCUT2D eigenvalue weighted by atomic mass is 35.5. The van der Waals surface area contributed by atoms with E-state index in [-0.39, 0.29) is 5.82 Å². The van der Waals surface area contributed by atoms with E-state index in [1.807, 2.05) is 6.07 Å². The standard InChI is InChI=1S/C14H12ClFN4/c15-9-2-1-8(11(16)5-9)7-18-14-19-12-4-3-10(17)6-13(12)20-14/h1-6H,7,17H2,(H2,18,19,20). The molecule has 1 aromatic heterocycles. The van der Waals surface area contributed by atoms with Crippen molar-refractivity contribution in [1.82, 2.24) is 9.97 Å². The molecule has 0 spiro atoms. The Kier molecular flexibility index (Phi) is 3.20. The summed E-state index contributed by atoms with van der Waals surface area (Å²) in [5.74, 6) is 0.227. The maximum Gasteiger partial charge on any atom is 0.201 e. The van der Waals surface area contributed by atoms with Crippen LogP contribution in [0.2, 0.25) is 5.02 Å². The molecule has 6 heteroatoms. The van der Waals surface area contributed by atoms with Crippen molar-refractivity contribution in [2.45, 2.75) is 6.54 Å². The van der Waals surface area contributed by atoms with E-state index in [0.29, 0.717) is 28.8 Å². The molecule has 0 saturated heterocycles. The minimum absolute atomic E-state index is 0.318. The van der Waals surface area contributed by atoms with Crippen LogP contribution in [0.25, 0.3) is 11.0 Å². The molecule has 0 unspecified atom stereocenters. The van der Waals surface area contributed by atoms with Crippen LogP contribution < -0.4 is 11.1 Å². The second-order valence-electron chi connectivity index (χ2n) is 4.45. The van der Waals surface area contributed by atoms with Gasteiger partial charge in [-0.25, -0.2) is 9.37 Å². The molecule has 0 atom stereocenters. The van der Waals surface area contributed by atoms with Gasteiger partial charge >= 0.3 is 0 Å². The normalized spacial score (nSPS) is 10.9. The number of hydrogen-bond acceptors (Lipinski definition) is 3. The fourth-order valence-corrected chi connectivity index (χ4v) is 2.11. The second-order valence-corrected chi connectivity index (χ2v) is 4.89. The summed E-state index contributed by atoms with van der Waals surface area (Å²) in [6, 6.07) is 10.0. The topological polar surface area (TPSA) is 66.7 Å². The number of H-pyrrole nitrogens is 1. The van der Waals surface area contributed by atoms with Crippen LogP contribution in [0.15, 0.2) is 36.4 Å². The monoisotopic (exact) mass is 290 g/mol. The van der Waals surface area contributed by atoms with E-state index in [1.54, 1.807) is 24.3 Å². The Bertz CT molecular complexity index is 769. The molecule has 0 saturated carbocycles. The van der Waals surface area contributed by atoms with Crippen molar-refractivity contribution in [2.24, 2.45) is 0 Å². The highest BCUT2D eigenvalue weighted by molar-refractivity contribution is 6.30. The molecule has 0 amide bonds. The van der Waals surface area contributed by atoms with Crippen molar-refractivity contribution in [3.8, 4) is 0 Å². The molecule has 3 aromatic rings. The van der Waals surface area contributed by atoms with Gasteiger partial charge in [0.2, 0.25) is 5.95 Å². The van der Waals surface area contributed by atoms with Crippen LogP contribution in [0, 0.1) is 5.82 Å². The third-order valence-electron chi connectivity index (χ3n) is 2.97. The van der Waals surface area contributed by atoms with Crippen LogP contribution in [-0.2, 0) is 6.54 Å². The van der Waals surface area contributed by atoms with Crippen LogP contribution in [0.5, 0.6) is 0 Å². The lowest BCUT2D eigenvalue weighted by Crippen LogP contribution is -2.02. The van der Waals surface area contributed by atoms with Crippen LogP contribution in [0.4, 0.5) is 16.0 Å². The Hall–Kier alpha value is -2.27. The van der Waals surface area contributed by atoms with Crippen LogP contribution in [0.1, 0.15) is 5.56 Å². The van der Waals surface area contributed by atoms with Gasteiger partial charge in [-0.1, -0.05) is 17.7 Å². The SMILES string of the molecule is Nc1ccc2nc(NCc3ccc(Cl)cc3F)[nH]c2c1. The van der Waals surface area contributed by atoms with Crippen LogP contribution >= 0.6 is 11.6 Å². The molecule has 20 heavy (non-hydrogen) atoms. The quantitative estimate of drug-likeness (QED) is 0.646.